The zero-order chi connectivity index (χ0) is 24.6. The van der Waals surface area contributed by atoms with Crippen molar-refractivity contribution >= 4 is 43.7 Å². The molecule has 7 nitrogen and oxygen atoms in total. The number of hydrogen-bond acceptors (Lipinski definition) is 6. The Hall–Kier alpha value is -3.40. The Labute approximate surface area is 207 Å². The van der Waals surface area contributed by atoms with Crippen molar-refractivity contribution in [3.05, 3.63) is 99.3 Å². The lowest BCUT2D eigenvalue weighted by molar-refractivity contribution is 0.408. The van der Waals surface area contributed by atoms with Crippen molar-refractivity contribution < 1.29 is 8.42 Å². The molecule has 5 aromatic rings. The van der Waals surface area contributed by atoms with Gasteiger partial charge in [-0.2, -0.15) is 13.1 Å². The molecule has 9 heteroatoms. The number of pyridine rings is 1. The fourth-order valence-corrected chi connectivity index (χ4v) is 6.51. The van der Waals surface area contributed by atoms with Gasteiger partial charge in [0.25, 0.3) is 5.56 Å². The van der Waals surface area contributed by atoms with E-state index in [2.05, 4.69) is 13.7 Å². The molecule has 3 aromatic carbocycles. The van der Waals surface area contributed by atoms with Crippen LogP contribution in [-0.2, 0) is 23.0 Å². The maximum Gasteiger partial charge on any atom is 0.252 e. The van der Waals surface area contributed by atoms with Gasteiger partial charge >= 0.3 is 0 Å². The van der Waals surface area contributed by atoms with Crippen LogP contribution in [0.15, 0.2) is 76.4 Å². The quantitative estimate of drug-likeness (QED) is 0.350. The Morgan fingerprint density at radius 3 is 2.57 bits per heavy atom. The number of aromatic amines is 1. The molecule has 0 amide bonds. The van der Waals surface area contributed by atoms with Gasteiger partial charge in [0.2, 0.25) is 10.0 Å². The fraction of sp³-hybridized carbons (Fsp3) is 0.192. The highest BCUT2D eigenvalue weighted by Crippen LogP contribution is 2.26. The van der Waals surface area contributed by atoms with Gasteiger partial charge in [-0.25, -0.2) is 8.42 Å². The number of rotatable bonds is 7. The number of nitrogens with zero attached hydrogens (tertiary/aromatic N) is 3. The van der Waals surface area contributed by atoms with Crippen molar-refractivity contribution in [1.29, 1.82) is 0 Å². The minimum Gasteiger partial charge on any atom is -0.322 e. The monoisotopic (exact) mass is 504 g/mol. The summed E-state index contributed by atoms with van der Waals surface area (Å²) in [6, 6.07) is 20.4. The first-order valence-corrected chi connectivity index (χ1v) is 13.4. The van der Waals surface area contributed by atoms with Gasteiger partial charge in [0, 0.05) is 29.6 Å². The SMILES string of the molecule is Cc1cc(C)c2cc(CN(CCc3ccccc3)S(=O)(=O)c3cccc4nsnc34)c(=O)[nH]c2c1. The molecule has 0 radical (unpaired) electrons. The summed E-state index contributed by atoms with van der Waals surface area (Å²) in [4.78, 5) is 16.0. The number of hydrogen-bond donors (Lipinski definition) is 1. The molecule has 2 heterocycles. The maximum absolute atomic E-state index is 13.9. The predicted octanol–water partition coefficient (Wildman–Crippen LogP) is 4.58. The molecule has 0 atom stereocenters. The van der Waals surface area contributed by atoms with Crippen LogP contribution in [0, 0.1) is 13.8 Å². The van der Waals surface area contributed by atoms with E-state index in [9.17, 15) is 13.2 Å². The first-order valence-electron chi connectivity index (χ1n) is 11.2. The third-order valence-corrected chi connectivity index (χ3v) is 8.52. The maximum atomic E-state index is 13.9. The molecule has 0 saturated heterocycles. The third-order valence-electron chi connectivity index (χ3n) is 6.10. The van der Waals surface area contributed by atoms with Crippen molar-refractivity contribution in [2.45, 2.75) is 31.7 Å². The van der Waals surface area contributed by atoms with Crippen molar-refractivity contribution in [3.8, 4) is 0 Å². The van der Waals surface area contributed by atoms with Crippen molar-refractivity contribution in [3.63, 3.8) is 0 Å². The van der Waals surface area contributed by atoms with E-state index in [0.29, 0.717) is 23.0 Å². The fourth-order valence-electron chi connectivity index (χ4n) is 4.33. The van der Waals surface area contributed by atoms with Crippen molar-refractivity contribution in [2.75, 3.05) is 6.54 Å². The molecule has 178 valence electrons. The lowest BCUT2D eigenvalue weighted by Crippen LogP contribution is -2.34. The van der Waals surface area contributed by atoms with E-state index in [1.54, 1.807) is 24.3 Å². The molecular weight excluding hydrogens is 480 g/mol. The van der Waals surface area contributed by atoms with E-state index in [-0.39, 0.29) is 23.5 Å². The van der Waals surface area contributed by atoms with E-state index in [0.717, 1.165) is 39.3 Å². The van der Waals surface area contributed by atoms with Gasteiger partial charge in [-0.1, -0.05) is 42.5 Å². The molecule has 1 N–H and O–H groups in total. The highest BCUT2D eigenvalue weighted by Gasteiger charge is 2.28. The zero-order valence-electron chi connectivity index (χ0n) is 19.4. The zero-order valence-corrected chi connectivity index (χ0v) is 21.0. The van der Waals surface area contributed by atoms with E-state index in [1.165, 1.54) is 4.31 Å². The first-order chi connectivity index (χ1) is 16.8. The summed E-state index contributed by atoms with van der Waals surface area (Å²) in [7, 11) is -3.97. The second kappa shape index (κ2) is 9.33. The molecule has 0 unspecified atom stereocenters. The second-order valence-electron chi connectivity index (χ2n) is 8.63. The van der Waals surface area contributed by atoms with E-state index >= 15 is 0 Å². The largest absolute Gasteiger partial charge is 0.322 e. The van der Waals surface area contributed by atoms with Crippen LogP contribution >= 0.6 is 11.7 Å². The minimum absolute atomic E-state index is 0.0539. The minimum atomic E-state index is -3.97. The number of sulfonamides is 1. The van der Waals surface area contributed by atoms with Crippen molar-refractivity contribution in [1.82, 2.24) is 18.0 Å². The van der Waals surface area contributed by atoms with Crippen LogP contribution in [0.3, 0.4) is 0 Å². The van der Waals surface area contributed by atoms with Crippen molar-refractivity contribution in [2.24, 2.45) is 0 Å². The molecule has 0 saturated carbocycles. The summed E-state index contributed by atoms with van der Waals surface area (Å²) in [5, 5.41) is 0.899. The van der Waals surface area contributed by atoms with E-state index in [4.69, 9.17) is 0 Å². The topological polar surface area (TPSA) is 96.0 Å². The Bertz CT molecular complexity index is 1690. The summed E-state index contributed by atoms with van der Waals surface area (Å²) in [6.07, 6.45) is 0.509. The average molecular weight is 505 g/mol. The van der Waals surface area contributed by atoms with Gasteiger partial charge in [0.1, 0.15) is 15.9 Å². The van der Waals surface area contributed by atoms with Crippen LogP contribution in [0.1, 0.15) is 22.3 Å². The molecule has 0 aliphatic rings. The number of aryl methyl sites for hydroxylation is 2. The summed E-state index contributed by atoms with van der Waals surface area (Å²) in [6.45, 7) is 4.12. The number of benzene rings is 3. The van der Waals surface area contributed by atoms with Crippen LogP contribution in [-0.4, -0.2) is 33.0 Å². The van der Waals surface area contributed by atoms with Crippen LogP contribution < -0.4 is 5.56 Å². The van der Waals surface area contributed by atoms with E-state index < -0.39 is 10.0 Å². The molecule has 0 bridgehead atoms. The Kier molecular flexibility index (Phi) is 6.22. The smallest absolute Gasteiger partial charge is 0.252 e. The number of H-pyrrole nitrogens is 1. The summed E-state index contributed by atoms with van der Waals surface area (Å²) in [5.41, 5.74) is 4.81. The first kappa shape index (κ1) is 23.3. The molecule has 0 aliphatic carbocycles. The Morgan fingerprint density at radius 2 is 1.77 bits per heavy atom. The van der Waals surface area contributed by atoms with Crippen LogP contribution in [0.5, 0.6) is 0 Å². The number of aromatic nitrogens is 3. The standard InChI is InChI=1S/C26H24N4O3S2/c1-17-13-18(2)21-15-20(26(31)27-23(21)14-17)16-30(12-11-19-7-4-3-5-8-19)35(32,33)24-10-6-9-22-25(24)29-34-28-22/h3-10,13-15H,11-12,16H2,1-2H3,(H,27,31). The molecule has 5 rings (SSSR count). The number of fused-ring (bicyclic) bond motifs is 2. The van der Waals surface area contributed by atoms with Crippen LogP contribution in [0.2, 0.25) is 0 Å². The van der Waals surface area contributed by atoms with Crippen LogP contribution in [0.4, 0.5) is 0 Å². The summed E-state index contributed by atoms with van der Waals surface area (Å²) >= 11 is 0.978. The van der Waals surface area contributed by atoms with Gasteiger partial charge in [0.15, 0.2) is 0 Å². The highest BCUT2D eigenvalue weighted by atomic mass is 32.2. The molecule has 0 spiro atoms. The van der Waals surface area contributed by atoms with Gasteiger partial charge in [-0.3, -0.25) is 4.79 Å². The second-order valence-corrected chi connectivity index (χ2v) is 11.1. The lowest BCUT2D eigenvalue weighted by atomic mass is 10.0. The van der Waals surface area contributed by atoms with Crippen LogP contribution in [0.25, 0.3) is 21.9 Å². The predicted molar refractivity (Wildman–Crippen MR) is 139 cm³/mol. The van der Waals surface area contributed by atoms with Gasteiger partial charge in [0.05, 0.1) is 11.7 Å². The summed E-state index contributed by atoms with van der Waals surface area (Å²) < 4.78 is 37.6. The molecule has 2 aromatic heterocycles. The summed E-state index contributed by atoms with van der Waals surface area (Å²) in [5.74, 6) is 0. The molecule has 0 fully saturated rings. The normalized spacial score (nSPS) is 12.1. The lowest BCUT2D eigenvalue weighted by Gasteiger charge is -2.22. The van der Waals surface area contributed by atoms with Gasteiger partial charge in [-0.05, 0) is 61.2 Å². The van der Waals surface area contributed by atoms with Gasteiger partial charge < -0.3 is 4.98 Å². The molecular formula is C26H24N4O3S2. The van der Waals surface area contributed by atoms with Gasteiger partial charge in [-0.15, -0.1) is 0 Å². The average Bonchev–Trinajstić information content (AvgIpc) is 3.31. The Morgan fingerprint density at radius 1 is 0.971 bits per heavy atom. The molecule has 35 heavy (non-hydrogen) atoms. The van der Waals surface area contributed by atoms with E-state index in [1.807, 2.05) is 56.3 Å². The number of nitrogens with one attached hydrogen (secondary N) is 1. The molecule has 0 aliphatic heterocycles. The third kappa shape index (κ3) is 4.62. The Balaban J connectivity index is 1.58. The highest BCUT2D eigenvalue weighted by molar-refractivity contribution is 7.89.